The van der Waals surface area contributed by atoms with Crippen LogP contribution in [0.5, 0.6) is 0 Å². The lowest BCUT2D eigenvalue weighted by atomic mass is 10.1. The van der Waals surface area contributed by atoms with E-state index in [0.29, 0.717) is 24.3 Å². The van der Waals surface area contributed by atoms with Crippen molar-refractivity contribution in [3.05, 3.63) is 0 Å². The third-order valence-corrected chi connectivity index (χ3v) is 3.66. The van der Waals surface area contributed by atoms with Crippen LogP contribution >= 0.6 is 12.4 Å². The van der Waals surface area contributed by atoms with Gasteiger partial charge in [-0.2, -0.15) is 0 Å². The molecule has 0 bridgehead atoms. The summed E-state index contributed by atoms with van der Waals surface area (Å²) in [4.78, 5) is 11.6. The summed E-state index contributed by atoms with van der Waals surface area (Å²) in [5, 5.41) is 15.2. The van der Waals surface area contributed by atoms with Gasteiger partial charge in [0.2, 0.25) is 5.91 Å². The van der Waals surface area contributed by atoms with Crippen molar-refractivity contribution in [1.82, 2.24) is 10.6 Å². The molecule has 0 aromatic heterocycles. The third kappa shape index (κ3) is 3.09. The van der Waals surface area contributed by atoms with E-state index in [1.165, 1.54) is 6.42 Å². The summed E-state index contributed by atoms with van der Waals surface area (Å²) >= 11 is 0. The van der Waals surface area contributed by atoms with Gasteiger partial charge >= 0.3 is 0 Å². The van der Waals surface area contributed by atoms with Crippen LogP contribution in [0, 0.1) is 11.3 Å². The minimum atomic E-state index is -0.363. The lowest BCUT2D eigenvalue weighted by Gasteiger charge is -2.11. The van der Waals surface area contributed by atoms with E-state index in [4.69, 9.17) is 0 Å². The molecule has 1 unspecified atom stereocenters. The summed E-state index contributed by atoms with van der Waals surface area (Å²) in [5.41, 5.74) is 0.413. The summed E-state index contributed by atoms with van der Waals surface area (Å²) in [6.07, 6.45) is 1.38. The Morgan fingerprint density at radius 1 is 1.56 bits per heavy atom. The zero-order chi connectivity index (χ0) is 11.1. The van der Waals surface area contributed by atoms with Crippen LogP contribution in [0.25, 0.3) is 0 Å². The molecule has 1 amide bonds. The van der Waals surface area contributed by atoms with E-state index in [2.05, 4.69) is 24.5 Å². The van der Waals surface area contributed by atoms with E-state index in [9.17, 15) is 9.90 Å². The second-order valence-corrected chi connectivity index (χ2v) is 5.49. The molecule has 0 aromatic rings. The van der Waals surface area contributed by atoms with Crippen molar-refractivity contribution in [2.45, 2.75) is 38.8 Å². The Hall–Kier alpha value is -0.320. The van der Waals surface area contributed by atoms with Gasteiger partial charge in [-0.25, -0.2) is 0 Å². The van der Waals surface area contributed by atoms with Crippen LogP contribution in [0.2, 0.25) is 0 Å². The molecule has 2 fully saturated rings. The van der Waals surface area contributed by atoms with Crippen LogP contribution in [0.1, 0.15) is 26.7 Å². The second kappa shape index (κ2) is 4.90. The van der Waals surface area contributed by atoms with E-state index in [1.54, 1.807) is 0 Å². The lowest BCUT2D eigenvalue weighted by molar-refractivity contribution is -0.123. The van der Waals surface area contributed by atoms with E-state index in [0.717, 1.165) is 6.54 Å². The molecule has 4 nitrogen and oxygen atoms in total. The molecule has 0 spiro atoms. The highest BCUT2D eigenvalue weighted by Gasteiger charge is 2.45. The van der Waals surface area contributed by atoms with Crippen LogP contribution < -0.4 is 10.6 Å². The summed E-state index contributed by atoms with van der Waals surface area (Å²) in [5.74, 6) is 0.669. The van der Waals surface area contributed by atoms with Gasteiger partial charge in [-0.05, 0) is 24.2 Å². The number of aliphatic hydroxyl groups excluding tert-OH is 1. The monoisotopic (exact) mass is 248 g/mol. The molecule has 0 aromatic carbocycles. The number of halogens is 1. The maximum atomic E-state index is 11.6. The molecule has 3 N–H and O–H groups in total. The van der Waals surface area contributed by atoms with E-state index < -0.39 is 0 Å². The van der Waals surface area contributed by atoms with E-state index in [-0.39, 0.29) is 30.5 Å². The summed E-state index contributed by atoms with van der Waals surface area (Å²) in [6.45, 7) is 5.76. The summed E-state index contributed by atoms with van der Waals surface area (Å²) in [6, 6.07) is -0.193. The molecular weight excluding hydrogens is 228 g/mol. The minimum Gasteiger partial charge on any atom is -0.392 e. The van der Waals surface area contributed by atoms with Crippen LogP contribution in [0.15, 0.2) is 0 Å². The Morgan fingerprint density at radius 3 is 2.62 bits per heavy atom. The molecule has 1 saturated heterocycles. The quantitative estimate of drug-likeness (QED) is 0.673. The first kappa shape index (κ1) is 13.7. The van der Waals surface area contributed by atoms with Crippen molar-refractivity contribution >= 4 is 18.3 Å². The van der Waals surface area contributed by atoms with Crippen molar-refractivity contribution in [3.63, 3.8) is 0 Å². The molecule has 5 heteroatoms. The van der Waals surface area contributed by atoms with Gasteiger partial charge in [0.25, 0.3) is 0 Å². The smallest absolute Gasteiger partial charge is 0.237 e. The van der Waals surface area contributed by atoms with Gasteiger partial charge in [0.05, 0.1) is 12.1 Å². The zero-order valence-corrected chi connectivity index (χ0v) is 10.6. The average Bonchev–Trinajstić information content (AvgIpc) is 2.59. The fourth-order valence-electron chi connectivity index (χ4n) is 2.19. The van der Waals surface area contributed by atoms with Gasteiger partial charge in [0.15, 0.2) is 0 Å². The number of β-amino-alcohol motifs (C(OH)–C–C–N with tert-alkyl or cyclic N) is 1. The van der Waals surface area contributed by atoms with E-state index in [1.807, 2.05) is 0 Å². The largest absolute Gasteiger partial charge is 0.392 e. The fourth-order valence-corrected chi connectivity index (χ4v) is 2.19. The lowest BCUT2D eigenvalue weighted by Crippen LogP contribution is -2.41. The number of carbonyl (C=O) groups excluding carboxylic acids is 1. The van der Waals surface area contributed by atoms with Crippen molar-refractivity contribution in [3.8, 4) is 0 Å². The highest BCUT2D eigenvalue weighted by atomic mass is 35.5. The number of amides is 1. The molecule has 2 rings (SSSR count). The standard InChI is InChI=1S/C11H20N2O2.ClH/c1-11(2)4-7(11)5-13-10(15)9-3-8(14)6-12-9;/h7-9,12,14H,3-6H2,1-2H3,(H,13,15);1H/t7?,8-,9+;/m0./s1. The van der Waals surface area contributed by atoms with Gasteiger partial charge in [0, 0.05) is 13.1 Å². The number of hydrogen-bond acceptors (Lipinski definition) is 3. The van der Waals surface area contributed by atoms with Gasteiger partial charge in [0.1, 0.15) is 0 Å². The van der Waals surface area contributed by atoms with Crippen LogP contribution in [-0.2, 0) is 4.79 Å². The average molecular weight is 249 g/mol. The van der Waals surface area contributed by atoms with E-state index >= 15 is 0 Å². The highest BCUT2D eigenvalue weighted by molar-refractivity contribution is 5.85. The molecule has 16 heavy (non-hydrogen) atoms. The maximum absolute atomic E-state index is 11.6. The van der Waals surface area contributed by atoms with Gasteiger partial charge in [-0.1, -0.05) is 13.8 Å². The van der Waals surface area contributed by atoms with Crippen molar-refractivity contribution < 1.29 is 9.90 Å². The van der Waals surface area contributed by atoms with Crippen LogP contribution in [0.3, 0.4) is 0 Å². The Kier molecular flexibility index (Phi) is 4.21. The predicted molar refractivity (Wildman–Crippen MR) is 64.6 cm³/mol. The first-order valence-corrected chi connectivity index (χ1v) is 5.68. The van der Waals surface area contributed by atoms with Crippen LogP contribution in [-0.4, -0.2) is 36.2 Å². The Labute approximate surface area is 103 Å². The Bertz CT molecular complexity index is 271. The second-order valence-electron chi connectivity index (χ2n) is 5.49. The molecule has 2 aliphatic rings. The van der Waals surface area contributed by atoms with Crippen LogP contribution in [0.4, 0.5) is 0 Å². The molecule has 1 aliphatic heterocycles. The number of hydrogen-bond donors (Lipinski definition) is 3. The molecule has 1 saturated carbocycles. The third-order valence-electron chi connectivity index (χ3n) is 3.66. The predicted octanol–water partition coefficient (Wildman–Crippen LogP) is 0.293. The first-order valence-electron chi connectivity index (χ1n) is 5.68. The molecule has 1 aliphatic carbocycles. The SMILES string of the molecule is CC1(C)CC1CNC(=O)[C@H]1C[C@H](O)CN1.Cl. The molecule has 94 valence electrons. The van der Waals surface area contributed by atoms with Crippen molar-refractivity contribution in [2.75, 3.05) is 13.1 Å². The number of aliphatic hydroxyl groups is 1. The minimum absolute atomic E-state index is 0. The number of carbonyl (C=O) groups is 1. The summed E-state index contributed by atoms with van der Waals surface area (Å²) in [7, 11) is 0. The van der Waals surface area contributed by atoms with Gasteiger partial charge in [-0.15, -0.1) is 12.4 Å². The van der Waals surface area contributed by atoms with Crippen molar-refractivity contribution in [1.29, 1.82) is 0 Å². The molecule has 3 atom stereocenters. The summed E-state index contributed by atoms with van der Waals surface area (Å²) < 4.78 is 0. The topological polar surface area (TPSA) is 61.4 Å². The number of nitrogens with one attached hydrogen (secondary N) is 2. The normalized spacial score (nSPS) is 35.3. The molecule has 1 heterocycles. The van der Waals surface area contributed by atoms with Crippen molar-refractivity contribution in [2.24, 2.45) is 11.3 Å². The maximum Gasteiger partial charge on any atom is 0.237 e. The van der Waals surface area contributed by atoms with Gasteiger partial charge < -0.3 is 15.7 Å². The highest BCUT2D eigenvalue weighted by Crippen LogP contribution is 2.50. The molecule has 0 radical (unpaired) electrons. The Morgan fingerprint density at radius 2 is 2.19 bits per heavy atom. The fraction of sp³-hybridized carbons (Fsp3) is 0.909. The number of rotatable bonds is 3. The molecular formula is C11H21ClN2O2. The van der Waals surface area contributed by atoms with Gasteiger partial charge in [-0.3, -0.25) is 4.79 Å². The zero-order valence-electron chi connectivity index (χ0n) is 9.82. The Balaban J connectivity index is 0.00000128. The first-order chi connectivity index (χ1) is 6.99.